The zero-order chi connectivity index (χ0) is 13.8. The third-order valence-corrected chi connectivity index (χ3v) is 2.73. The van der Waals surface area contributed by atoms with Gasteiger partial charge < -0.3 is 24.5 Å². The van der Waals surface area contributed by atoms with Gasteiger partial charge >= 0.3 is 0 Å². The normalized spacial score (nSPS) is 10.5. The molecule has 2 rings (SSSR count). The number of nitrogens with two attached hydrogens (primary N) is 1. The van der Waals surface area contributed by atoms with Crippen molar-refractivity contribution in [3.63, 3.8) is 0 Å². The summed E-state index contributed by atoms with van der Waals surface area (Å²) in [5.41, 5.74) is 7.20. The minimum Gasteiger partial charge on any atom is -0.493 e. The van der Waals surface area contributed by atoms with Crippen LogP contribution in [-0.4, -0.2) is 26.5 Å². The molecule has 1 aromatic carbocycles. The van der Waals surface area contributed by atoms with Gasteiger partial charge in [-0.3, -0.25) is 0 Å². The Kier molecular flexibility index (Phi) is 3.91. The summed E-state index contributed by atoms with van der Waals surface area (Å²) in [6.07, 6.45) is 0. The van der Waals surface area contributed by atoms with Crippen LogP contribution in [-0.2, 0) is 11.3 Å². The predicted octanol–water partition coefficient (Wildman–Crippen LogP) is 2.09. The second kappa shape index (κ2) is 5.62. The Labute approximate surface area is 111 Å². The first-order valence-electron chi connectivity index (χ1n) is 5.66. The molecule has 0 spiro atoms. The Morgan fingerprint density at radius 1 is 1.21 bits per heavy atom. The van der Waals surface area contributed by atoms with Crippen molar-refractivity contribution in [3.05, 3.63) is 23.8 Å². The highest BCUT2D eigenvalue weighted by atomic mass is 16.5. The molecule has 0 bridgehead atoms. The number of nitrogens with zero attached hydrogens (tertiary/aromatic N) is 1. The van der Waals surface area contributed by atoms with E-state index in [1.165, 1.54) is 0 Å². The Balaban J connectivity index is 2.60. The van der Waals surface area contributed by atoms with E-state index >= 15 is 0 Å². The van der Waals surface area contributed by atoms with Crippen LogP contribution in [0, 0.1) is 0 Å². The van der Waals surface area contributed by atoms with Crippen molar-refractivity contribution in [2.75, 3.05) is 27.1 Å². The number of methoxy groups -OCH3 is 3. The van der Waals surface area contributed by atoms with Crippen LogP contribution in [0.3, 0.4) is 0 Å². The fraction of sp³-hybridized carbons (Fsp3) is 0.308. The van der Waals surface area contributed by atoms with E-state index in [4.69, 9.17) is 24.5 Å². The fourth-order valence-electron chi connectivity index (χ4n) is 1.93. The van der Waals surface area contributed by atoms with Crippen LogP contribution >= 0.6 is 0 Å². The van der Waals surface area contributed by atoms with Gasteiger partial charge in [0.2, 0.25) is 0 Å². The summed E-state index contributed by atoms with van der Waals surface area (Å²) in [6, 6.07) is 5.31. The van der Waals surface area contributed by atoms with Gasteiger partial charge in [0.05, 0.1) is 20.8 Å². The lowest BCUT2D eigenvalue weighted by atomic mass is 10.0. The van der Waals surface area contributed by atoms with Gasteiger partial charge in [-0.25, -0.2) is 0 Å². The Bertz CT molecular complexity index is 566. The Hall–Kier alpha value is -2.21. The maximum atomic E-state index is 5.57. The van der Waals surface area contributed by atoms with Crippen molar-refractivity contribution in [3.8, 4) is 22.8 Å². The molecule has 102 valence electrons. The molecule has 2 N–H and O–H groups in total. The van der Waals surface area contributed by atoms with Crippen molar-refractivity contribution in [1.29, 1.82) is 0 Å². The van der Waals surface area contributed by atoms with E-state index in [1.807, 2.05) is 6.07 Å². The van der Waals surface area contributed by atoms with Crippen molar-refractivity contribution >= 4 is 5.82 Å². The smallest absolute Gasteiger partial charge is 0.169 e. The summed E-state index contributed by atoms with van der Waals surface area (Å²) in [5, 5.41) is 3.68. The van der Waals surface area contributed by atoms with Gasteiger partial charge in [0.1, 0.15) is 0 Å². The monoisotopic (exact) mass is 264 g/mol. The van der Waals surface area contributed by atoms with Crippen LogP contribution < -0.4 is 15.2 Å². The average Bonchev–Trinajstić information content (AvgIpc) is 2.85. The molecular weight excluding hydrogens is 248 g/mol. The standard InChI is InChI=1S/C13H16N2O4/c1-16-7-9-8(11-6-12(14)15-19-11)4-5-10(17-2)13(9)18-3/h4-6H,7H2,1-3H3,(H2,14,15). The molecular formula is C13H16N2O4. The number of aromatic nitrogens is 1. The Morgan fingerprint density at radius 3 is 2.53 bits per heavy atom. The van der Waals surface area contributed by atoms with E-state index in [-0.39, 0.29) is 0 Å². The number of benzene rings is 1. The van der Waals surface area contributed by atoms with Crippen LogP contribution in [0.15, 0.2) is 22.7 Å². The lowest BCUT2D eigenvalue weighted by molar-refractivity contribution is 0.181. The largest absolute Gasteiger partial charge is 0.493 e. The van der Waals surface area contributed by atoms with E-state index in [0.717, 1.165) is 11.1 Å². The third-order valence-electron chi connectivity index (χ3n) is 2.73. The van der Waals surface area contributed by atoms with Gasteiger partial charge in [-0.2, -0.15) is 0 Å². The lowest BCUT2D eigenvalue weighted by Crippen LogP contribution is -1.99. The zero-order valence-corrected chi connectivity index (χ0v) is 11.1. The summed E-state index contributed by atoms with van der Waals surface area (Å²) in [4.78, 5) is 0. The molecule has 0 radical (unpaired) electrons. The summed E-state index contributed by atoms with van der Waals surface area (Å²) in [7, 11) is 4.77. The number of ether oxygens (including phenoxy) is 3. The highest BCUT2D eigenvalue weighted by Crippen LogP contribution is 2.38. The first kappa shape index (κ1) is 13.2. The molecule has 1 heterocycles. The van der Waals surface area contributed by atoms with Gasteiger partial charge in [0, 0.05) is 24.3 Å². The van der Waals surface area contributed by atoms with E-state index in [1.54, 1.807) is 33.5 Å². The predicted molar refractivity (Wildman–Crippen MR) is 70.2 cm³/mol. The SMILES string of the molecule is COCc1c(-c2cc(N)no2)ccc(OC)c1OC. The number of hydrogen-bond acceptors (Lipinski definition) is 6. The molecule has 0 atom stereocenters. The van der Waals surface area contributed by atoms with Crippen molar-refractivity contribution < 1.29 is 18.7 Å². The van der Waals surface area contributed by atoms with Crippen LogP contribution in [0.5, 0.6) is 11.5 Å². The third kappa shape index (κ3) is 2.48. The fourth-order valence-corrected chi connectivity index (χ4v) is 1.93. The van der Waals surface area contributed by atoms with Gasteiger partial charge in [0.25, 0.3) is 0 Å². The summed E-state index contributed by atoms with van der Waals surface area (Å²) < 4.78 is 21.1. The maximum absolute atomic E-state index is 5.57. The van der Waals surface area contributed by atoms with Crippen LogP contribution in [0.1, 0.15) is 5.56 Å². The van der Waals surface area contributed by atoms with E-state index in [2.05, 4.69) is 5.16 Å². The molecule has 19 heavy (non-hydrogen) atoms. The number of hydrogen-bond donors (Lipinski definition) is 1. The minimum atomic E-state index is 0.327. The van der Waals surface area contributed by atoms with Gasteiger partial charge in [-0.05, 0) is 12.1 Å². The Morgan fingerprint density at radius 2 is 2.00 bits per heavy atom. The van der Waals surface area contributed by atoms with Crippen LogP contribution in [0.25, 0.3) is 11.3 Å². The zero-order valence-electron chi connectivity index (χ0n) is 11.1. The molecule has 0 saturated heterocycles. The quantitative estimate of drug-likeness (QED) is 0.890. The molecule has 6 heteroatoms. The highest BCUT2D eigenvalue weighted by molar-refractivity contribution is 5.70. The first-order chi connectivity index (χ1) is 9.21. The number of rotatable bonds is 5. The number of anilines is 1. The molecule has 0 fully saturated rings. The molecule has 0 saturated carbocycles. The molecule has 0 aliphatic carbocycles. The molecule has 0 unspecified atom stereocenters. The summed E-state index contributed by atoms with van der Waals surface area (Å²) >= 11 is 0. The van der Waals surface area contributed by atoms with E-state index in [9.17, 15) is 0 Å². The van der Waals surface area contributed by atoms with Gasteiger partial charge in [-0.15, -0.1) is 0 Å². The van der Waals surface area contributed by atoms with Crippen LogP contribution in [0.2, 0.25) is 0 Å². The topological polar surface area (TPSA) is 79.7 Å². The highest BCUT2D eigenvalue weighted by Gasteiger charge is 2.18. The van der Waals surface area contributed by atoms with Crippen molar-refractivity contribution in [2.45, 2.75) is 6.61 Å². The minimum absolute atomic E-state index is 0.327. The van der Waals surface area contributed by atoms with Crippen LogP contribution in [0.4, 0.5) is 5.82 Å². The maximum Gasteiger partial charge on any atom is 0.169 e. The van der Waals surface area contributed by atoms with Gasteiger partial charge in [-0.1, -0.05) is 5.16 Å². The molecule has 0 amide bonds. The molecule has 1 aromatic heterocycles. The first-order valence-corrected chi connectivity index (χ1v) is 5.66. The van der Waals surface area contributed by atoms with E-state index < -0.39 is 0 Å². The van der Waals surface area contributed by atoms with Crippen molar-refractivity contribution in [1.82, 2.24) is 5.16 Å². The average molecular weight is 264 g/mol. The number of nitrogen functional groups attached to an aromatic ring is 1. The molecule has 0 aliphatic heterocycles. The second-order valence-corrected chi connectivity index (χ2v) is 3.88. The molecule has 2 aromatic rings. The molecule has 6 nitrogen and oxygen atoms in total. The summed E-state index contributed by atoms with van der Waals surface area (Å²) in [5.74, 6) is 2.13. The molecule has 0 aliphatic rings. The lowest BCUT2D eigenvalue weighted by Gasteiger charge is -2.15. The second-order valence-electron chi connectivity index (χ2n) is 3.88. The van der Waals surface area contributed by atoms with Crippen molar-refractivity contribution in [2.24, 2.45) is 0 Å². The van der Waals surface area contributed by atoms with Gasteiger partial charge in [0.15, 0.2) is 23.1 Å². The van der Waals surface area contributed by atoms with E-state index in [0.29, 0.717) is 29.7 Å². The summed E-state index contributed by atoms with van der Waals surface area (Å²) in [6.45, 7) is 0.357.